The number of fused-ring (bicyclic) bond motifs is 2. The number of aromatic nitrogens is 1. The fourth-order valence-corrected chi connectivity index (χ4v) is 4.21. The van der Waals surface area contributed by atoms with Gasteiger partial charge >= 0.3 is 0 Å². The summed E-state index contributed by atoms with van der Waals surface area (Å²) >= 11 is 0. The Hall–Kier alpha value is -4.86. The van der Waals surface area contributed by atoms with Gasteiger partial charge in [-0.1, -0.05) is 0 Å². The van der Waals surface area contributed by atoms with Gasteiger partial charge in [-0.15, -0.1) is 0 Å². The quantitative estimate of drug-likeness (QED) is 0.371. The minimum atomic E-state index is -0.599. The lowest BCUT2D eigenvalue weighted by Crippen LogP contribution is -2.25. The van der Waals surface area contributed by atoms with Gasteiger partial charge in [-0.05, 0) is 30.3 Å². The van der Waals surface area contributed by atoms with E-state index in [0.717, 1.165) is 12.1 Å². The smallest absolute Gasteiger partial charge is 0.244 e. The number of rotatable bonds is 7. The summed E-state index contributed by atoms with van der Waals surface area (Å²) in [6.45, 7) is 0.412. The van der Waals surface area contributed by atoms with E-state index in [0.29, 0.717) is 47.4 Å². The normalized spacial score (nSPS) is 12.2. The number of anilines is 1. The zero-order chi connectivity index (χ0) is 26.8. The average molecular weight is 518 g/mol. The van der Waals surface area contributed by atoms with Gasteiger partial charge < -0.3 is 28.8 Å². The van der Waals surface area contributed by atoms with Crippen molar-refractivity contribution in [3.05, 3.63) is 88.0 Å². The maximum atomic E-state index is 13.4. The molecule has 0 fully saturated rings. The maximum Gasteiger partial charge on any atom is 0.244 e. The molecule has 10 heteroatoms. The third-order valence-electron chi connectivity index (χ3n) is 6.04. The first kappa shape index (κ1) is 24.8. The Bertz CT molecular complexity index is 1590. The Labute approximate surface area is 216 Å². The number of pyridine rings is 1. The summed E-state index contributed by atoms with van der Waals surface area (Å²) in [7, 11) is 3.00. The summed E-state index contributed by atoms with van der Waals surface area (Å²) < 4.78 is 36.7. The molecule has 3 aromatic carbocycles. The topological polar surface area (TPSA) is 105 Å². The molecule has 0 radical (unpaired) electrons. The molecular weight excluding hydrogens is 495 g/mol. The Kier molecular flexibility index (Phi) is 6.69. The second-order valence-corrected chi connectivity index (χ2v) is 8.50. The summed E-state index contributed by atoms with van der Waals surface area (Å²) in [6.07, 6.45) is 1.33. The highest BCUT2D eigenvalue weighted by Crippen LogP contribution is 2.34. The fraction of sp³-hybridized carbons (Fsp3) is 0.179. The van der Waals surface area contributed by atoms with Gasteiger partial charge in [0.25, 0.3) is 0 Å². The van der Waals surface area contributed by atoms with Crippen molar-refractivity contribution in [1.82, 2.24) is 4.57 Å². The molecule has 1 aliphatic rings. The van der Waals surface area contributed by atoms with Crippen molar-refractivity contribution < 1.29 is 32.9 Å². The monoisotopic (exact) mass is 518 g/mol. The van der Waals surface area contributed by atoms with Crippen molar-refractivity contribution in [2.75, 3.05) is 32.8 Å². The van der Waals surface area contributed by atoms with Crippen molar-refractivity contribution in [2.24, 2.45) is 0 Å². The SMILES string of the molecule is COc1cc(NC(=O)Cn2cc(C(=O)c3ccc(F)cc3)c(=O)c3cc4c(cc32)OCCO4)cc(OC)c1. The summed E-state index contributed by atoms with van der Waals surface area (Å²) in [5, 5.41) is 2.97. The highest BCUT2D eigenvalue weighted by atomic mass is 19.1. The van der Waals surface area contributed by atoms with Crippen molar-refractivity contribution >= 4 is 28.3 Å². The molecule has 4 aromatic rings. The lowest BCUT2D eigenvalue weighted by atomic mass is 10.0. The predicted molar refractivity (Wildman–Crippen MR) is 137 cm³/mol. The molecule has 1 amide bonds. The number of carbonyl (C=O) groups is 2. The van der Waals surface area contributed by atoms with Crippen LogP contribution in [0.15, 0.2) is 65.6 Å². The van der Waals surface area contributed by atoms with Gasteiger partial charge in [-0.25, -0.2) is 4.39 Å². The first-order chi connectivity index (χ1) is 18.4. The zero-order valence-corrected chi connectivity index (χ0v) is 20.6. The standard InChI is InChI=1S/C28H23FN2O7/c1-35-19-9-18(10-20(11-19)36-2)30-26(32)15-31-14-22(27(33)16-3-5-17(29)6-4-16)28(34)21-12-24-25(13-23(21)31)38-8-7-37-24/h3-6,9-14H,7-8,15H2,1-2H3,(H,30,32). The molecule has 0 unspecified atom stereocenters. The number of carbonyl (C=O) groups excluding carboxylic acids is 2. The number of ether oxygens (including phenoxy) is 4. The molecule has 0 atom stereocenters. The van der Waals surface area contributed by atoms with E-state index in [1.165, 1.54) is 43.2 Å². The van der Waals surface area contributed by atoms with Gasteiger partial charge in [-0.3, -0.25) is 14.4 Å². The molecule has 0 aliphatic carbocycles. The Balaban J connectivity index is 1.57. The zero-order valence-electron chi connectivity index (χ0n) is 20.6. The van der Waals surface area contributed by atoms with E-state index in [1.807, 2.05) is 0 Å². The summed E-state index contributed by atoms with van der Waals surface area (Å²) in [5.74, 6) is 0.235. The molecule has 1 aromatic heterocycles. The van der Waals surface area contributed by atoms with Gasteiger partial charge in [0.05, 0.1) is 30.7 Å². The number of amides is 1. The van der Waals surface area contributed by atoms with Crippen molar-refractivity contribution in [1.29, 1.82) is 0 Å². The molecule has 0 spiro atoms. The average Bonchev–Trinajstić information content (AvgIpc) is 2.93. The van der Waals surface area contributed by atoms with Gasteiger partial charge in [0, 0.05) is 41.7 Å². The van der Waals surface area contributed by atoms with Gasteiger partial charge in [0.1, 0.15) is 37.1 Å². The first-order valence-electron chi connectivity index (χ1n) is 11.7. The number of hydrogen-bond donors (Lipinski definition) is 1. The molecule has 1 N–H and O–H groups in total. The van der Waals surface area contributed by atoms with E-state index in [4.69, 9.17) is 18.9 Å². The van der Waals surface area contributed by atoms with Crippen LogP contribution in [-0.4, -0.2) is 43.7 Å². The van der Waals surface area contributed by atoms with Crippen LogP contribution in [-0.2, 0) is 11.3 Å². The number of hydrogen-bond acceptors (Lipinski definition) is 7. The number of nitrogens with zero attached hydrogens (tertiary/aromatic N) is 1. The molecule has 0 saturated carbocycles. The van der Waals surface area contributed by atoms with E-state index in [1.54, 1.807) is 24.3 Å². The summed E-state index contributed by atoms with van der Waals surface area (Å²) in [4.78, 5) is 39.8. The first-order valence-corrected chi connectivity index (χ1v) is 11.7. The van der Waals surface area contributed by atoms with E-state index in [-0.39, 0.29) is 23.1 Å². The van der Waals surface area contributed by atoms with E-state index >= 15 is 0 Å². The molecule has 1 aliphatic heterocycles. The minimum absolute atomic E-state index is 0.139. The van der Waals surface area contributed by atoms with Crippen LogP contribution in [0.1, 0.15) is 15.9 Å². The molecule has 5 rings (SSSR count). The van der Waals surface area contributed by atoms with Crippen molar-refractivity contribution in [3.63, 3.8) is 0 Å². The number of ketones is 1. The van der Waals surface area contributed by atoms with Crippen LogP contribution in [0.2, 0.25) is 0 Å². The van der Waals surface area contributed by atoms with E-state index in [9.17, 15) is 18.8 Å². The van der Waals surface area contributed by atoms with Crippen LogP contribution in [0.4, 0.5) is 10.1 Å². The third kappa shape index (κ3) is 4.88. The highest BCUT2D eigenvalue weighted by Gasteiger charge is 2.22. The summed E-state index contributed by atoms with van der Waals surface area (Å²) in [5.41, 5.74) is 0.249. The van der Waals surface area contributed by atoms with Gasteiger partial charge in [0.15, 0.2) is 17.3 Å². The molecule has 9 nitrogen and oxygen atoms in total. The van der Waals surface area contributed by atoms with Gasteiger partial charge in [0.2, 0.25) is 11.3 Å². The minimum Gasteiger partial charge on any atom is -0.497 e. The largest absolute Gasteiger partial charge is 0.497 e. The lowest BCUT2D eigenvalue weighted by Gasteiger charge is -2.20. The second-order valence-electron chi connectivity index (χ2n) is 8.50. The fourth-order valence-electron chi connectivity index (χ4n) is 4.21. The molecule has 38 heavy (non-hydrogen) atoms. The van der Waals surface area contributed by atoms with Crippen LogP contribution < -0.4 is 29.7 Å². The predicted octanol–water partition coefficient (Wildman–Crippen LogP) is 3.80. The number of benzene rings is 3. The molecular formula is C28H23FN2O7. The van der Waals surface area contributed by atoms with Crippen molar-refractivity contribution in [2.45, 2.75) is 6.54 Å². The third-order valence-corrected chi connectivity index (χ3v) is 6.04. The molecule has 0 bridgehead atoms. The van der Waals surface area contributed by atoms with Gasteiger partial charge in [-0.2, -0.15) is 0 Å². The van der Waals surface area contributed by atoms with Crippen LogP contribution >= 0.6 is 0 Å². The number of halogens is 1. The number of nitrogens with one attached hydrogen (secondary N) is 1. The Morgan fingerprint density at radius 3 is 2.21 bits per heavy atom. The molecule has 194 valence electrons. The second kappa shape index (κ2) is 10.3. The molecule has 2 heterocycles. The van der Waals surface area contributed by atoms with Crippen LogP contribution in [0.3, 0.4) is 0 Å². The highest BCUT2D eigenvalue weighted by molar-refractivity contribution is 6.10. The summed E-state index contributed by atoms with van der Waals surface area (Å²) in [6, 6.07) is 13.0. The van der Waals surface area contributed by atoms with E-state index in [2.05, 4.69) is 5.32 Å². The van der Waals surface area contributed by atoms with Crippen LogP contribution in [0.5, 0.6) is 23.0 Å². The molecule has 0 saturated heterocycles. The van der Waals surface area contributed by atoms with Crippen LogP contribution in [0, 0.1) is 5.82 Å². The van der Waals surface area contributed by atoms with E-state index < -0.39 is 22.9 Å². The number of methoxy groups -OCH3 is 2. The van der Waals surface area contributed by atoms with Crippen molar-refractivity contribution in [3.8, 4) is 23.0 Å². The Morgan fingerprint density at radius 2 is 1.58 bits per heavy atom. The van der Waals surface area contributed by atoms with Crippen LogP contribution in [0.25, 0.3) is 10.9 Å². The Morgan fingerprint density at radius 1 is 0.947 bits per heavy atom. The lowest BCUT2D eigenvalue weighted by molar-refractivity contribution is -0.116. The maximum absolute atomic E-state index is 13.4.